The van der Waals surface area contributed by atoms with Gasteiger partial charge in [0.25, 0.3) is 0 Å². The van der Waals surface area contributed by atoms with Crippen LogP contribution in [0.2, 0.25) is 0 Å². The fourth-order valence-corrected chi connectivity index (χ4v) is 1.92. The van der Waals surface area contributed by atoms with Gasteiger partial charge in [0.15, 0.2) is 0 Å². The van der Waals surface area contributed by atoms with Crippen molar-refractivity contribution in [1.82, 2.24) is 5.32 Å². The van der Waals surface area contributed by atoms with Crippen LogP contribution in [0.15, 0.2) is 0 Å². The van der Waals surface area contributed by atoms with Gasteiger partial charge in [-0.25, -0.2) is 0 Å². The molecule has 0 aromatic heterocycles. The Kier molecular flexibility index (Phi) is 8.83. The maximum absolute atomic E-state index is 11.8. The third kappa shape index (κ3) is 7.55. The highest BCUT2D eigenvalue weighted by molar-refractivity contribution is 7.98. The summed E-state index contributed by atoms with van der Waals surface area (Å²) >= 11 is 1.61. The fraction of sp³-hybridized carbons (Fsp3) is 0.833. The monoisotopic (exact) mass is 275 g/mol. The maximum Gasteiger partial charge on any atom is 0.240 e. The molecule has 6 heteroatoms. The van der Waals surface area contributed by atoms with Gasteiger partial charge in [-0.15, -0.1) is 0 Å². The summed E-state index contributed by atoms with van der Waals surface area (Å²) in [4.78, 5) is 23.0. The Balaban J connectivity index is 4.18. The molecule has 2 atom stereocenters. The van der Waals surface area contributed by atoms with Gasteiger partial charge in [0.1, 0.15) is 6.04 Å². The van der Waals surface area contributed by atoms with E-state index in [1.807, 2.05) is 6.26 Å². The lowest BCUT2D eigenvalue weighted by Crippen LogP contribution is -2.50. The molecule has 106 valence electrons. The summed E-state index contributed by atoms with van der Waals surface area (Å²) in [7, 11) is 0. The Morgan fingerprint density at radius 3 is 2.28 bits per heavy atom. The molecule has 0 saturated heterocycles. The average molecular weight is 275 g/mol. The van der Waals surface area contributed by atoms with Crippen LogP contribution < -0.4 is 16.8 Å². The summed E-state index contributed by atoms with van der Waals surface area (Å²) in [5, 5.41) is 2.62. The average Bonchev–Trinajstić information content (AvgIpc) is 2.30. The van der Waals surface area contributed by atoms with E-state index < -0.39 is 18.0 Å². The van der Waals surface area contributed by atoms with E-state index in [-0.39, 0.29) is 5.91 Å². The van der Waals surface area contributed by atoms with Crippen molar-refractivity contribution in [2.45, 2.75) is 45.2 Å². The molecule has 0 unspecified atom stereocenters. The second kappa shape index (κ2) is 9.22. The van der Waals surface area contributed by atoms with Gasteiger partial charge in [-0.3, -0.25) is 9.59 Å². The van der Waals surface area contributed by atoms with E-state index in [1.165, 1.54) is 0 Å². The molecule has 5 nitrogen and oxygen atoms in total. The minimum absolute atomic E-state index is 0.291. The van der Waals surface area contributed by atoms with Gasteiger partial charge >= 0.3 is 0 Å². The zero-order valence-corrected chi connectivity index (χ0v) is 12.3. The van der Waals surface area contributed by atoms with Gasteiger partial charge in [-0.2, -0.15) is 11.8 Å². The first kappa shape index (κ1) is 17.2. The molecule has 0 saturated carbocycles. The number of carbonyl (C=O) groups excluding carboxylic acids is 2. The largest absolute Gasteiger partial charge is 0.368 e. The first-order chi connectivity index (χ1) is 8.38. The smallest absolute Gasteiger partial charge is 0.240 e. The van der Waals surface area contributed by atoms with Crippen LogP contribution in [0.3, 0.4) is 0 Å². The first-order valence-corrected chi connectivity index (χ1v) is 7.62. The van der Waals surface area contributed by atoms with Crippen LogP contribution in [-0.2, 0) is 9.59 Å². The first-order valence-electron chi connectivity index (χ1n) is 6.22. The molecule has 0 aliphatic carbocycles. The van der Waals surface area contributed by atoms with E-state index in [4.69, 9.17) is 11.5 Å². The Morgan fingerprint density at radius 2 is 1.83 bits per heavy atom. The van der Waals surface area contributed by atoms with Crippen molar-refractivity contribution in [2.24, 2.45) is 17.4 Å². The van der Waals surface area contributed by atoms with Gasteiger partial charge in [-0.1, -0.05) is 13.8 Å². The zero-order chi connectivity index (χ0) is 14.1. The van der Waals surface area contributed by atoms with Crippen LogP contribution >= 0.6 is 11.8 Å². The second-order valence-corrected chi connectivity index (χ2v) is 5.81. The molecule has 18 heavy (non-hydrogen) atoms. The van der Waals surface area contributed by atoms with E-state index in [1.54, 1.807) is 11.8 Å². The molecule has 0 rings (SSSR count). The van der Waals surface area contributed by atoms with Gasteiger partial charge in [0.2, 0.25) is 11.8 Å². The van der Waals surface area contributed by atoms with Crippen molar-refractivity contribution in [2.75, 3.05) is 12.0 Å². The molecule has 0 bridgehead atoms. The Bertz CT molecular complexity index is 272. The van der Waals surface area contributed by atoms with E-state index in [0.29, 0.717) is 18.8 Å². The molecule has 5 N–H and O–H groups in total. The lowest BCUT2D eigenvalue weighted by Gasteiger charge is -2.18. The van der Waals surface area contributed by atoms with Crippen molar-refractivity contribution in [1.29, 1.82) is 0 Å². The van der Waals surface area contributed by atoms with Crippen molar-refractivity contribution in [3.8, 4) is 0 Å². The molecule has 0 spiro atoms. The highest BCUT2D eigenvalue weighted by Crippen LogP contribution is 2.06. The fourth-order valence-electron chi connectivity index (χ4n) is 1.44. The minimum atomic E-state index is -0.616. The van der Waals surface area contributed by atoms with Crippen molar-refractivity contribution < 1.29 is 9.59 Å². The van der Waals surface area contributed by atoms with Crippen LogP contribution in [0.1, 0.15) is 33.1 Å². The lowest BCUT2D eigenvalue weighted by molar-refractivity contribution is -0.128. The third-order valence-electron chi connectivity index (χ3n) is 2.66. The van der Waals surface area contributed by atoms with Crippen LogP contribution in [0.25, 0.3) is 0 Å². The van der Waals surface area contributed by atoms with Crippen molar-refractivity contribution >= 4 is 23.6 Å². The van der Waals surface area contributed by atoms with E-state index >= 15 is 0 Å². The molecule has 0 heterocycles. The zero-order valence-electron chi connectivity index (χ0n) is 11.4. The summed E-state index contributed by atoms with van der Waals surface area (Å²) in [5.74, 6) is 0.482. The van der Waals surface area contributed by atoms with E-state index in [2.05, 4.69) is 19.2 Å². The van der Waals surface area contributed by atoms with Crippen molar-refractivity contribution in [3.63, 3.8) is 0 Å². The van der Waals surface area contributed by atoms with E-state index in [0.717, 1.165) is 12.2 Å². The third-order valence-corrected chi connectivity index (χ3v) is 3.31. The van der Waals surface area contributed by atoms with Crippen molar-refractivity contribution in [3.05, 3.63) is 0 Å². The highest BCUT2D eigenvalue weighted by atomic mass is 32.2. The quantitative estimate of drug-likeness (QED) is 0.570. The highest BCUT2D eigenvalue weighted by Gasteiger charge is 2.21. The molecule has 0 aromatic rings. The van der Waals surface area contributed by atoms with E-state index in [9.17, 15) is 9.59 Å². The topological polar surface area (TPSA) is 98.2 Å². The molecule has 0 aliphatic heterocycles. The molecule has 0 aromatic carbocycles. The number of amides is 2. The van der Waals surface area contributed by atoms with Crippen LogP contribution in [-0.4, -0.2) is 35.9 Å². The number of hydrogen-bond acceptors (Lipinski definition) is 4. The molecule has 0 radical (unpaired) electrons. The predicted molar refractivity (Wildman–Crippen MR) is 76.2 cm³/mol. The Hall–Kier alpha value is -0.750. The van der Waals surface area contributed by atoms with Crippen LogP contribution in [0.5, 0.6) is 0 Å². The van der Waals surface area contributed by atoms with Crippen LogP contribution in [0.4, 0.5) is 0 Å². The Labute approximate surface area is 113 Å². The number of rotatable bonds is 9. The maximum atomic E-state index is 11.8. The minimum Gasteiger partial charge on any atom is -0.368 e. The predicted octanol–water partition coefficient (Wildman–Crippen LogP) is 0.473. The summed E-state index contributed by atoms with van der Waals surface area (Å²) in [6, 6.07) is -1.18. The summed E-state index contributed by atoms with van der Waals surface area (Å²) in [6.07, 6.45) is 3.99. The number of hydrogen-bond donors (Lipinski definition) is 3. The molecule has 0 fully saturated rings. The number of thioether (sulfide) groups is 1. The van der Waals surface area contributed by atoms with Gasteiger partial charge in [0.05, 0.1) is 6.04 Å². The SMILES string of the molecule is CSCC[C@H](NC(=O)[C@@H](N)CCC(C)C)C(N)=O. The number of nitrogens with two attached hydrogens (primary N) is 2. The van der Waals surface area contributed by atoms with Gasteiger partial charge < -0.3 is 16.8 Å². The van der Waals surface area contributed by atoms with Crippen LogP contribution in [0, 0.1) is 5.92 Å². The molecular weight excluding hydrogens is 250 g/mol. The lowest BCUT2D eigenvalue weighted by atomic mass is 10.0. The summed E-state index contributed by atoms with van der Waals surface area (Å²) in [5.41, 5.74) is 11.0. The van der Waals surface area contributed by atoms with Gasteiger partial charge in [0, 0.05) is 0 Å². The molecule has 0 aliphatic rings. The molecule has 2 amide bonds. The Morgan fingerprint density at radius 1 is 1.22 bits per heavy atom. The summed E-state index contributed by atoms with van der Waals surface area (Å²) < 4.78 is 0. The standard InChI is InChI=1S/C12H25N3O2S/c1-8(2)4-5-9(13)12(17)15-10(11(14)16)6-7-18-3/h8-10H,4-7,13H2,1-3H3,(H2,14,16)(H,15,17)/t9-,10-/m0/s1. The molecular formula is C12H25N3O2S. The number of carbonyl (C=O) groups is 2. The summed E-state index contributed by atoms with van der Waals surface area (Å²) in [6.45, 7) is 4.16. The second-order valence-electron chi connectivity index (χ2n) is 4.82. The normalized spacial score (nSPS) is 14.3. The number of primary amides is 1. The number of nitrogens with one attached hydrogen (secondary N) is 1. The van der Waals surface area contributed by atoms with Gasteiger partial charge in [-0.05, 0) is 37.2 Å².